The molecule has 158 valence electrons. The number of methoxy groups -OCH3 is 1. The molecule has 1 aromatic heterocycles. The summed E-state index contributed by atoms with van der Waals surface area (Å²) >= 11 is 0. The van der Waals surface area contributed by atoms with E-state index >= 15 is 0 Å². The molecule has 2 bridgehead atoms. The molecular weight excluding hydrogens is 388 g/mol. The number of aliphatic hydroxyl groups is 1. The first-order valence-electron chi connectivity index (χ1n) is 9.94. The van der Waals surface area contributed by atoms with Gasteiger partial charge in [0.2, 0.25) is 0 Å². The zero-order valence-corrected chi connectivity index (χ0v) is 16.9. The van der Waals surface area contributed by atoms with E-state index in [4.69, 9.17) is 4.74 Å². The number of nitroso groups, excluding NO2 is 1. The molecule has 5 rings (SSSR count). The van der Waals surface area contributed by atoms with Gasteiger partial charge in [-0.15, -0.1) is 11.5 Å². The van der Waals surface area contributed by atoms with Gasteiger partial charge in [-0.2, -0.15) is 0 Å². The van der Waals surface area contributed by atoms with Gasteiger partial charge < -0.3 is 9.84 Å². The Labute approximate surface area is 173 Å². The third-order valence-corrected chi connectivity index (χ3v) is 6.66. The minimum absolute atomic E-state index is 0.0868. The van der Waals surface area contributed by atoms with Crippen molar-refractivity contribution in [3.05, 3.63) is 50.9 Å². The highest BCUT2D eigenvalue weighted by molar-refractivity contribution is 5.93. The molecule has 5 atom stereocenters. The number of nitrogens with zero attached hydrogens (tertiary/aromatic N) is 4. The minimum atomic E-state index is -1.17. The Kier molecular flexibility index (Phi) is 5.25. The summed E-state index contributed by atoms with van der Waals surface area (Å²) in [5.41, 5.74) is 0.535. The van der Waals surface area contributed by atoms with Crippen LogP contribution in [0.5, 0.6) is 5.75 Å². The molecular formula is C21H24N4O5. The fourth-order valence-electron chi connectivity index (χ4n) is 5.17. The second-order valence-corrected chi connectivity index (χ2v) is 8.02. The van der Waals surface area contributed by atoms with Crippen LogP contribution in [0.15, 0.2) is 30.0 Å². The van der Waals surface area contributed by atoms with Crippen molar-refractivity contribution in [2.75, 3.05) is 20.2 Å². The van der Waals surface area contributed by atoms with E-state index in [1.54, 1.807) is 19.1 Å². The van der Waals surface area contributed by atoms with Crippen molar-refractivity contribution in [2.45, 2.75) is 31.9 Å². The van der Waals surface area contributed by atoms with Gasteiger partial charge in [0.25, 0.3) is 5.82 Å². The highest BCUT2D eigenvalue weighted by atomic mass is 16.6. The van der Waals surface area contributed by atoms with Crippen LogP contribution >= 0.6 is 0 Å². The molecule has 9 nitrogen and oxygen atoms in total. The molecule has 0 saturated carbocycles. The number of rotatable bonds is 6. The van der Waals surface area contributed by atoms with E-state index in [1.165, 1.54) is 7.11 Å². The zero-order chi connectivity index (χ0) is 21.6. The molecule has 4 heterocycles. The van der Waals surface area contributed by atoms with Crippen molar-refractivity contribution in [1.82, 2.24) is 9.88 Å². The molecule has 0 radical (unpaired) electrons. The van der Waals surface area contributed by atoms with Crippen LogP contribution in [0.25, 0.3) is 10.9 Å². The number of benzene rings is 1. The summed E-state index contributed by atoms with van der Waals surface area (Å²) in [4.78, 5) is 28.9. The van der Waals surface area contributed by atoms with Gasteiger partial charge >= 0.3 is 5.69 Å². The zero-order valence-electron chi connectivity index (χ0n) is 16.9. The molecule has 0 spiro atoms. The van der Waals surface area contributed by atoms with Crippen LogP contribution in [-0.2, 0) is 0 Å². The number of pyridine rings is 1. The second kappa shape index (κ2) is 7.73. The molecule has 3 saturated heterocycles. The number of nitro groups is 1. The topological polar surface area (TPSA) is 118 Å². The van der Waals surface area contributed by atoms with Gasteiger partial charge in [0.05, 0.1) is 23.1 Å². The van der Waals surface area contributed by atoms with Gasteiger partial charge in [0.15, 0.2) is 0 Å². The number of aromatic nitrogens is 1. The predicted molar refractivity (Wildman–Crippen MR) is 112 cm³/mol. The van der Waals surface area contributed by atoms with Gasteiger partial charge in [0.1, 0.15) is 11.9 Å². The van der Waals surface area contributed by atoms with Crippen LogP contribution in [-0.4, -0.2) is 46.2 Å². The van der Waals surface area contributed by atoms with Crippen LogP contribution in [0.3, 0.4) is 0 Å². The Morgan fingerprint density at radius 2 is 2.27 bits per heavy atom. The average Bonchev–Trinajstić information content (AvgIpc) is 2.77. The van der Waals surface area contributed by atoms with Crippen molar-refractivity contribution < 1.29 is 14.8 Å². The first-order valence-corrected chi connectivity index (χ1v) is 9.94. The molecule has 2 aromatic rings. The number of hydrogen-bond donors (Lipinski definition) is 1. The maximum Gasteiger partial charge on any atom is 0.323 e. The second-order valence-electron chi connectivity index (χ2n) is 8.02. The number of aryl methyl sites for hydroxylation is 1. The fraction of sp³-hybridized carbons (Fsp3) is 0.476. The molecule has 3 aliphatic heterocycles. The van der Waals surface area contributed by atoms with E-state index in [9.17, 15) is 20.1 Å². The van der Waals surface area contributed by atoms with Crippen molar-refractivity contribution in [3.8, 4) is 5.75 Å². The summed E-state index contributed by atoms with van der Waals surface area (Å²) in [6.45, 7) is 7.25. The Bertz CT molecular complexity index is 1040. The molecule has 1 N–H and O–H groups in total. The van der Waals surface area contributed by atoms with E-state index in [0.717, 1.165) is 19.5 Å². The molecule has 0 amide bonds. The van der Waals surface area contributed by atoms with Crippen LogP contribution in [0.4, 0.5) is 11.5 Å². The summed E-state index contributed by atoms with van der Waals surface area (Å²) in [7, 11) is 1.51. The monoisotopic (exact) mass is 412 g/mol. The maximum atomic E-state index is 12.0. The molecule has 30 heavy (non-hydrogen) atoms. The first-order chi connectivity index (χ1) is 14.4. The lowest BCUT2D eigenvalue weighted by Crippen LogP contribution is -2.54. The Balaban J connectivity index is 1.94. The molecule has 1 unspecified atom stereocenters. The summed E-state index contributed by atoms with van der Waals surface area (Å²) < 4.78 is 5.38. The normalized spacial score (nSPS) is 26.4. The van der Waals surface area contributed by atoms with E-state index in [0.29, 0.717) is 40.5 Å². The number of piperidine rings is 3. The number of aliphatic hydroxyl groups excluding tert-OH is 1. The van der Waals surface area contributed by atoms with Gasteiger partial charge in [-0.25, -0.2) is 4.98 Å². The van der Waals surface area contributed by atoms with E-state index in [1.807, 2.05) is 6.08 Å². The summed E-state index contributed by atoms with van der Waals surface area (Å²) in [6.07, 6.45) is 2.49. The molecule has 0 aliphatic carbocycles. The molecule has 3 aliphatic rings. The van der Waals surface area contributed by atoms with Gasteiger partial charge in [-0.1, -0.05) is 6.08 Å². The van der Waals surface area contributed by atoms with Crippen molar-refractivity contribution in [3.63, 3.8) is 0 Å². The SMILES string of the molecule is C=C[C@H]1CN2CC[C@H]1C[C@@H]2[C@@H](O)c1c([N+](=O)[O-])c(N=O)nc2ccc(OC)c(C)c12. The lowest BCUT2D eigenvalue weighted by molar-refractivity contribution is -0.385. The summed E-state index contributed by atoms with van der Waals surface area (Å²) in [6, 6.07) is 3.01. The third kappa shape index (κ3) is 3.05. The lowest BCUT2D eigenvalue weighted by atomic mass is 9.73. The third-order valence-electron chi connectivity index (χ3n) is 6.66. The predicted octanol–water partition coefficient (Wildman–Crippen LogP) is 3.79. The Hall–Kier alpha value is -2.91. The summed E-state index contributed by atoms with van der Waals surface area (Å²) in [5, 5.41) is 26.7. The quantitative estimate of drug-likeness (QED) is 0.332. The van der Waals surface area contributed by atoms with Crippen molar-refractivity contribution >= 4 is 22.4 Å². The van der Waals surface area contributed by atoms with Crippen LogP contribution < -0.4 is 4.74 Å². The minimum Gasteiger partial charge on any atom is -0.496 e. The first kappa shape index (κ1) is 20.4. The largest absolute Gasteiger partial charge is 0.496 e. The summed E-state index contributed by atoms with van der Waals surface area (Å²) in [5.74, 6) is 0.723. The Morgan fingerprint density at radius 3 is 2.83 bits per heavy atom. The van der Waals surface area contributed by atoms with Gasteiger partial charge in [-0.05, 0) is 55.5 Å². The smallest absolute Gasteiger partial charge is 0.323 e. The highest BCUT2D eigenvalue weighted by Crippen LogP contribution is 2.47. The highest BCUT2D eigenvalue weighted by Gasteiger charge is 2.45. The maximum absolute atomic E-state index is 12.0. The van der Waals surface area contributed by atoms with E-state index in [-0.39, 0.29) is 11.6 Å². The number of ether oxygens (including phenoxy) is 1. The molecule has 3 fully saturated rings. The van der Waals surface area contributed by atoms with Crippen molar-refractivity contribution in [1.29, 1.82) is 0 Å². The number of fused-ring (bicyclic) bond motifs is 4. The fourth-order valence-corrected chi connectivity index (χ4v) is 5.17. The number of hydrogen-bond acceptors (Lipinski definition) is 8. The van der Waals surface area contributed by atoms with Crippen LogP contribution in [0, 0.1) is 33.8 Å². The van der Waals surface area contributed by atoms with Crippen LogP contribution in [0.2, 0.25) is 0 Å². The molecule has 1 aromatic carbocycles. The standard InChI is InChI=1S/C21H24N4O5/c1-4-12-10-24-8-7-13(12)9-15(24)20(26)18-17-11(2)16(30-3)6-5-14(17)22-21(23-27)19(18)25(28)29/h4-6,12-13,15,20,26H,1,7-10H2,2-3H3/t12-,13-,15+,20+/m0/s1. The van der Waals surface area contributed by atoms with E-state index in [2.05, 4.69) is 21.6 Å². The molecule has 9 heteroatoms. The van der Waals surface area contributed by atoms with Crippen LogP contribution in [0.1, 0.15) is 30.1 Å². The Morgan fingerprint density at radius 1 is 1.50 bits per heavy atom. The van der Waals surface area contributed by atoms with Crippen molar-refractivity contribution in [2.24, 2.45) is 17.0 Å². The average molecular weight is 412 g/mol. The van der Waals surface area contributed by atoms with Gasteiger partial charge in [0, 0.05) is 23.5 Å². The lowest BCUT2D eigenvalue weighted by Gasteiger charge is -2.50. The van der Waals surface area contributed by atoms with E-state index < -0.39 is 22.5 Å². The van der Waals surface area contributed by atoms with Gasteiger partial charge in [-0.3, -0.25) is 15.0 Å².